The Bertz CT molecular complexity index is 399. The first-order chi connectivity index (χ1) is 6.20. The lowest BCUT2D eigenvalue weighted by Gasteiger charge is -1.98. The third-order valence-electron chi connectivity index (χ3n) is 2.67. The van der Waals surface area contributed by atoms with Crippen molar-refractivity contribution in [2.45, 2.75) is 27.3 Å². The Morgan fingerprint density at radius 2 is 1.46 bits per heavy atom. The van der Waals surface area contributed by atoms with Crippen molar-refractivity contribution < 1.29 is 0 Å². The van der Waals surface area contributed by atoms with Gasteiger partial charge in [0.25, 0.3) is 0 Å². The lowest BCUT2D eigenvalue weighted by molar-refractivity contribution is 0.773. The molecule has 0 radical (unpaired) electrons. The third kappa shape index (κ3) is 1.35. The SMILES string of the molecule is CCn1cc2cc(C)c(C)cc2c1. The Labute approximate surface area is 79.0 Å². The molecule has 1 heteroatoms. The molecular weight excluding hydrogens is 158 g/mol. The molecular formula is C12H15N. The fourth-order valence-corrected chi connectivity index (χ4v) is 1.66. The van der Waals surface area contributed by atoms with E-state index in [9.17, 15) is 0 Å². The largest absolute Gasteiger partial charge is 0.353 e. The summed E-state index contributed by atoms with van der Waals surface area (Å²) in [6.45, 7) is 7.54. The van der Waals surface area contributed by atoms with Crippen molar-refractivity contribution in [3.63, 3.8) is 0 Å². The van der Waals surface area contributed by atoms with Crippen LogP contribution in [-0.2, 0) is 6.54 Å². The number of nitrogens with zero attached hydrogens (tertiary/aromatic N) is 1. The highest BCUT2D eigenvalue weighted by atomic mass is 14.9. The van der Waals surface area contributed by atoms with E-state index in [0.29, 0.717) is 0 Å². The minimum Gasteiger partial charge on any atom is -0.353 e. The molecule has 0 N–H and O–H groups in total. The van der Waals surface area contributed by atoms with Gasteiger partial charge in [0.1, 0.15) is 0 Å². The molecule has 0 saturated heterocycles. The van der Waals surface area contributed by atoms with Gasteiger partial charge < -0.3 is 4.57 Å². The first-order valence-corrected chi connectivity index (χ1v) is 4.77. The summed E-state index contributed by atoms with van der Waals surface area (Å²) in [4.78, 5) is 0. The molecule has 0 bridgehead atoms. The molecule has 0 aliphatic carbocycles. The fraction of sp³-hybridized carbons (Fsp3) is 0.333. The predicted molar refractivity (Wildman–Crippen MR) is 57.1 cm³/mol. The second-order valence-electron chi connectivity index (χ2n) is 3.65. The summed E-state index contributed by atoms with van der Waals surface area (Å²) in [6, 6.07) is 4.52. The van der Waals surface area contributed by atoms with Crippen molar-refractivity contribution in [2.75, 3.05) is 0 Å². The summed E-state index contributed by atoms with van der Waals surface area (Å²) in [7, 11) is 0. The van der Waals surface area contributed by atoms with Gasteiger partial charge in [0.05, 0.1) is 0 Å². The normalized spacial score (nSPS) is 11.0. The van der Waals surface area contributed by atoms with Gasteiger partial charge >= 0.3 is 0 Å². The smallest absolute Gasteiger partial charge is 0.0191 e. The molecule has 0 fully saturated rings. The van der Waals surface area contributed by atoms with Gasteiger partial charge in [-0.2, -0.15) is 0 Å². The Hall–Kier alpha value is -1.24. The van der Waals surface area contributed by atoms with Gasteiger partial charge in [-0.25, -0.2) is 0 Å². The van der Waals surface area contributed by atoms with Crippen LogP contribution in [0.2, 0.25) is 0 Å². The van der Waals surface area contributed by atoms with Crippen LogP contribution in [0.3, 0.4) is 0 Å². The van der Waals surface area contributed by atoms with Crippen LogP contribution in [-0.4, -0.2) is 4.57 Å². The zero-order chi connectivity index (χ0) is 9.42. The van der Waals surface area contributed by atoms with E-state index >= 15 is 0 Å². The zero-order valence-electron chi connectivity index (χ0n) is 8.46. The molecule has 0 spiro atoms. The van der Waals surface area contributed by atoms with Crippen LogP contribution in [0.1, 0.15) is 18.1 Å². The lowest BCUT2D eigenvalue weighted by Crippen LogP contribution is -1.85. The molecule has 0 aliphatic heterocycles. The number of aromatic nitrogens is 1. The maximum atomic E-state index is 2.26. The highest BCUT2D eigenvalue weighted by Crippen LogP contribution is 2.20. The van der Waals surface area contributed by atoms with Crippen molar-refractivity contribution in [1.82, 2.24) is 4.57 Å². The highest BCUT2D eigenvalue weighted by molar-refractivity contribution is 5.83. The van der Waals surface area contributed by atoms with Crippen molar-refractivity contribution in [3.8, 4) is 0 Å². The fourth-order valence-electron chi connectivity index (χ4n) is 1.66. The molecule has 1 nitrogen and oxygen atoms in total. The number of rotatable bonds is 1. The molecule has 0 atom stereocenters. The Morgan fingerprint density at radius 1 is 1.00 bits per heavy atom. The molecule has 2 rings (SSSR count). The zero-order valence-corrected chi connectivity index (χ0v) is 8.46. The molecule has 13 heavy (non-hydrogen) atoms. The Morgan fingerprint density at radius 3 is 1.85 bits per heavy atom. The summed E-state index contributed by atoms with van der Waals surface area (Å²) in [5.41, 5.74) is 2.75. The summed E-state index contributed by atoms with van der Waals surface area (Å²) >= 11 is 0. The number of fused-ring (bicyclic) bond motifs is 1. The molecule has 0 saturated carbocycles. The summed E-state index contributed by atoms with van der Waals surface area (Å²) < 4.78 is 2.23. The summed E-state index contributed by atoms with van der Waals surface area (Å²) in [5.74, 6) is 0. The Kier molecular flexibility index (Phi) is 1.87. The molecule has 0 aliphatic rings. The van der Waals surface area contributed by atoms with Crippen LogP contribution in [0.25, 0.3) is 10.8 Å². The number of hydrogen-bond donors (Lipinski definition) is 0. The summed E-state index contributed by atoms with van der Waals surface area (Å²) in [6.07, 6.45) is 4.42. The van der Waals surface area contributed by atoms with Crippen LogP contribution < -0.4 is 0 Å². The minimum absolute atomic E-state index is 1.05. The maximum absolute atomic E-state index is 2.26. The monoisotopic (exact) mass is 173 g/mol. The van der Waals surface area contributed by atoms with Crippen LogP contribution in [0.4, 0.5) is 0 Å². The van der Waals surface area contributed by atoms with Gasteiger partial charge in [0.2, 0.25) is 0 Å². The van der Waals surface area contributed by atoms with Crippen molar-refractivity contribution >= 4 is 10.8 Å². The average Bonchev–Trinajstić information content (AvgIpc) is 2.48. The van der Waals surface area contributed by atoms with Gasteiger partial charge in [-0.1, -0.05) is 0 Å². The Balaban J connectivity index is 2.70. The van der Waals surface area contributed by atoms with E-state index in [1.165, 1.54) is 21.9 Å². The molecule has 1 aromatic heterocycles. The van der Waals surface area contributed by atoms with E-state index in [-0.39, 0.29) is 0 Å². The first-order valence-electron chi connectivity index (χ1n) is 4.77. The third-order valence-corrected chi connectivity index (χ3v) is 2.67. The van der Waals surface area contributed by atoms with Crippen LogP contribution >= 0.6 is 0 Å². The minimum atomic E-state index is 1.05. The predicted octanol–water partition coefficient (Wildman–Crippen LogP) is 3.28. The quantitative estimate of drug-likeness (QED) is 0.623. The van der Waals surface area contributed by atoms with Crippen molar-refractivity contribution in [1.29, 1.82) is 0 Å². The molecule has 2 aromatic rings. The van der Waals surface area contributed by atoms with E-state index < -0.39 is 0 Å². The maximum Gasteiger partial charge on any atom is 0.0191 e. The number of hydrogen-bond acceptors (Lipinski definition) is 0. The van der Waals surface area contributed by atoms with E-state index in [1.54, 1.807) is 0 Å². The lowest BCUT2D eigenvalue weighted by atomic mass is 10.1. The number of aryl methyl sites for hydroxylation is 3. The van der Waals surface area contributed by atoms with Gasteiger partial charge in [0.15, 0.2) is 0 Å². The molecule has 0 unspecified atom stereocenters. The van der Waals surface area contributed by atoms with Crippen molar-refractivity contribution in [3.05, 3.63) is 35.7 Å². The van der Waals surface area contributed by atoms with E-state index in [2.05, 4.69) is 49.9 Å². The van der Waals surface area contributed by atoms with Gasteiger partial charge in [0, 0.05) is 18.9 Å². The second-order valence-corrected chi connectivity index (χ2v) is 3.65. The second kappa shape index (κ2) is 2.91. The molecule has 0 amide bonds. The van der Waals surface area contributed by atoms with E-state index in [4.69, 9.17) is 0 Å². The van der Waals surface area contributed by atoms with Crippen molar-refractivity contribution in [2.24, 2.45) is 0 Å². The highest BCUT2D eigenvalue weighted by Gasteiger charge is 1.99. The van der Waals surface area contributed by atoms with E-state index in [1.807, 2.05) is 0 Å². The van der Waals surface area contributed by atoms with Crippen LogP contribution in [0.5, 0.6) is 0 Å². The standard InChI is InChI=1S/C12H15N/c1-4-13-7-11-5-9(2)10(3)6-12(11)8-13/h5-8H,4H2,1-3H3. The molecule has 1 heterocycles. The van der Waals surface area contributed by atoms with Gasteiger partial charge in [-0.05, 0) is 54.8 Å². The summed E-state index contributed by atoms with van der Waals surface area (Å²) in [5, 5.41) is 2.70. The molecule has 68 valence electrons. The van der Waals surface area contributed by atoms with Gasteiger partial charge in [-0.3, -0.25) is 0 Å². The van der Waals surface area contributed by atoms with Crippen LogP contribution in [0, 0.1) is 13.8 Å². The molecule has 1 aromatic carbocycles. The van der Waals surface area contributed by atoms with Crippen LogP contribution in [0.15, 0.2) is 24.5 Å². The van der Waals surface area contributed by atoms with E-state index in [0.717, 1.165) is 6.54 Å². The topological polar surface area (TPSA) is 4.93 Å². The first kappa shape index (κ1) is 8.36. The average molecular weight is 173 g/mol. The van der Waals surface area contributed by atoms with Gasteiger partial charge in [-0.15, -0.1) is 0 Å². The number of benzene rings is 1.